The SMILES string of the molecule is Cc1ccc(C(=O)N2CCC3(CC2)CN(c2ccc(C#N)c(C(F)(F)F)c2)CC3C(=O)N(C)C)cc1. The molecule has 1 unspecified atom stereocenters. The van der Waals surface area contributed by atoms with Crippen LogP contribution >= 0.6 is 0 Å². The quantitative estimate of drug-likeness (QED) is 0.632. The number of anilines is 1. The third kappa shape index (κ3) is 4.77. The maximum absolute atomic E-state index is 13.6. The van der Waals surface area contributed by atoms with Crippen molar-refractivity contribution in [1.29, 1.82) is 5.26 Å². The molecule has 2 saturated heterocycles. The molecule has 0 aromatic heterocycles. The molecule has 0 saturated carbocycles. The normalized spacial score (nSPS) is 19.3. The van der Waals surface area contributed by atoms with Gasteiger partial charge in [-0.25, -0.2) is 0 Å². The first-order chi connectivity index (χ1) is 16.9. The van der Waals surface area contributed by atoms with Gasteiger partial charge in [-0.1, -0.05) is 17.7 Å². The van der Waals surface area contributed by atoms with Gasteiger partial charge in [0.15, 0.2) is 0 Å². The number of aryl methyl sites for hydroxylation is 1. The van der Waals surface area contributed by atoms with Gasteiger partial charge in [0.25, 0.3) is 5.91 Å². The first-order valence-corrected chi connectivity index (χ1v) is 11.9. The van der Waals surface area contributed by atoms with E-state index in [0.29, 0.717) is 43.7 Å². The lowest BCUT2D eigenvalue weighted by Gasteiger charge is -2.42. The summed E-state index contributed by atoms with van der Waals surface area (Å²) < 4.78 is 40.7. The van der Waals surface area contributed by atoms with Crippen LogP contribution < -0.4 is 4.90 Å². The Hall–Kier alpha value is -3.54. The number of piperidine rings is 1. The number of benzene rings is 2. The Balaban J connectivity index is 1.59. The van der Waals surface area contributed by atoms with Gasteiger partial charge in [0.2, 0.25) is 5.91 Å². The third-order valence-electron chi connectivity index (χ3n) is 7.53. The van der Waals surface area contributed by atoms with Gasteiger partial charge < -0.3 is 14.7 Å². The molecule has 190 valence electrons. The van der Waals surface area contributed by atoms with Gasteiger partial charge in [0, 0.05) is 56.9 Å². The number of nitrogens with zero attached hydrogens (tertiary/aromatic N) is 4. The highest BCUT2D eigenvalue weighted by Gasteiger charge is 2.52. The number of rotatable bonds is 3. The van der Waals surface area contributed by atoms with Crippen LogP contribution in [-0.4, -0.2) is 61.9 Å². The zero-order valence-electron chi connectivity index (χ0n) is 20.6. The molecule has 4 rings (SSSR count). The van der Waals surface area contributed by atoms with E-state index in [4.69, 9.17) is 5.26 Å². The average molecular weight is 499 g/mol. The highest BCUT2D eigenvalue weighted by molar-refractivity contribution is 5.94. The molecule has 2 fully saturated rings. The smallest absolute Gasteiger partial charge is 0.370 e. The van der Waals surface area contributed by atoms with Crippen LogP contribution in [0.5, 0.6) is 0 Å². The molecule has 2 heterocycles. The largest absolute Gasteiger partial charge is 0.417 e. The van der Waals surface area contributed by atoms with Crippen LogP contribution in [0.2, 0.25) is 0 Å². The van der Waals surface area contributed by atoms with Crippen molar-refractivity contribution < 1.29 is 22.8 Å². The number of halogens is 3. The second kappa shape index (κ2) is 9.49. The highest BCUT2D eigenvalue weighted by atomic mass is 19.4. The summed E-state index contributed by atoms with van der Waals surface area (Å²) in [7, 11) is 3.36. The van der Waals surface area contributed by atoms with E-state index in [1.807, 2.05) is 24.0 Å². The molecule has 2 aromatic carbocycles. The summed E-state index contributed by atoms with van der Waals surface area (Å²) in [6.07, 6.45) is -3.50. The second-order valence-electron chi connectivity index (χ2n) is 10.0. The van der Waals surface area contributed by atoms with Gasteiger partial charge in [0.1, 0.15) is 0 Å². The number of carbonyl (C=O) groups is 2. The zero-order valence-corrected chi connectivity index (χ0v) is 20.6. The van der Waals surface area contributed by atoms with Crippen molar-refractivity contribution in [3.8, 4) is 6.07 Å². The van der Waals surface area contributed by atoms with E-state index in [-0.39, 0.29) is 18.4 Å². The fraction of sp³-hybridized carbons (Fsp3) is 0.444. The van der Waals surface area contributed by atoms with Gasteiger partial charge in [-0.3, -0.25) is 9.59 Å². The van der Waals surface area contributed by atoms with Crippen molar-refractivity contribution >= 4 is 17.5 Å². The number of hydrogen-bond acceptors (Lipinski definition) is 4. The van der Waals surface area contributed by atoms with Gasteiger partial charge in [0.05, 0.1) is 23.1 Å². The van der Waals surface area contributed by atoms with Crippen LogP contribution in [0.4, 0.5) is 18.9 Å². The molecular formula is C27H29F3N4O2. The number of alkyl halides is 3. The molecule has 1 atom stereocenters. The Kier molecular flexibility index (Phi) is 6.74. The molecule has 2 amide bonds. The molecule has 1 spiro atoms. The first kappa shape index (κ1) is 25.5. The van der Waals surface area contributed by atoms with Gasteiger partial charge in [-0.2, -0.15) is 18.4 Å². The van der Waals surface area contributed by atoms with Crippen molar-refractivity contribution in [2.24, 2.45) is 11.3 Å². The molecule has 2 aliphatic heterocycles. The molecule has 2 aliphatic rings. The van der Waals surface area contributed by atoms with Gasteiger partial charge in [-0.05, 0) is 50.1 Å². The summed E-state index contributed by atoms with van der Waals surface area (Å²) in [4.78, 5) is 31.3. The number of amides is 2. The standard InChI is InChI=1S/C27H29F3N4O2/c1-18-4-6-19(7-5-18)24(35)33-12-10-26(11-13-33)17-34(16-23(26)25(36)32(2)3)21-9-8-20(15-31)22(14-21)27(28,29)30/h4-9,14,23H,10-13,16-17H2,1-3H3. The maximum atomic E-state index is 13.6. The number of nitriles is 1. The van der Waals surface area contributed by atoms with Crippen molar-refractivity contribution in [2.75, 3.05) is 45.2 Å². The third-order valence-corrected chi connectivity index (χ3v) is 7.53. The highest BCUT2D eigenvalue weighted by Crippen LogP contribution is 2.47. The molecule has 36 heavy (non-hydrogen) atoms. The lowest BCUT2D eigenvalue weighted by atomic mass is 9.70. The summed E-state index contributed by atoms with van der Waals surface area (Å²) in [5.74, 6) is -0.535. The Morgan fingerprint density at radius 1 is 1.08 bits per heavy atom. The summed E-state index contributed by atoms with van der Waals surface area (Å²) in [5.41, 5.74) is 0.159. The van der Waals surface area contributed by atoms with Crippen LogP contribution in [-0.2, 0) is 11.0 Å². The minimum Gasteiger partial charge on any atom is -0.370 e. The molecule has 6 nitrogen and oxygen atoms in total. The van der Waals surface area contributed by atoms with Gasteiger partial charge >= 0.3 is 6.18 Å². The van der Waals surface area contributed by atoms with E-state index in [0.717, 1.165) is 11.6 Å². The molecule has 0 radical (unpaired) electrons. The molecule has 9 heteroatoms. The lowest BCUT2D eigenvalue weighted by molar-refractivity contribution is -0.138. The topological polar surface area (TPSA) is 67.6 Å². The minimum atomic E-state index is -4.65. The summed E-state index contributed by atoms with van der Waals surface area (Å²) in [5, 5.41) is 9.13. The fourth-order valence-corrected chi connectivity index (χ4v) is 5.42. The van der Waals surface area contributed by atoms with Crippen molar-refractivity contribution in [3.05, 3.63) is 64.7 Å². The number of carbonyl (C=O) groups excluding carboxylic acids is 2. The average Bonchev–Trinajstić information content (AvgIpc) is 3.21. The molecular weight excluding hydrogens is 469 g/mol. The molecule has 0 N–H and O–H groups in total. The Morgan fingerprint density at radius 2 is 1.72 bits per heavy atom. The zero-order chi connectivity index (χ0) is 26.3. The molecule has 0 bridgehead atoms. The van der Waals surface area contributed by atoms with Crippen LogP contribution in [0.1, 0.15) is 39.9 Å². The van der Waals surface area contributed by atoms with Crippen LogP contribution in [0.3, 0.4) is 0 Å². The predicted molar refractivity (Wildman–Crippen MR) is 129 cm³/mol. The molecule has 0 aliphatic carbocycles. The second-order valence-corrected chi connectivity index (χ2v) is 10.0. The van der Waals surface area contributed by atoms with Crippen LogP contribution in [0.25, 0.3) is 0 Å². The van der Waals surface area contributed by atoms with Crippen LogP contribution in [0, 0.1) is 29.6 Å². The van der Waals surface area contributed by atoms with Crippen molar-refractivity contribution in [2.45, 2.75) is 25.9 Å². The van der Waals surface area contributed by atoms with E-state index in [1.54, 1.807) is 37.2 Å². The van der Waals surface area contributed by atoms with E-state index >= 15 is 0 Å². The monoisotopic (exact) mass is 498 g/mol. The Morgan fingerprint density at radius 3 is 2.28 bits per heavy atom. The van der Waals surface area contributed by atoms with E-state index in [1.165, 1.54) is 17.0 Å². The number of hydrogen-bond donors (Lipinski definition) is 0. The van der Waals surface area contributed by atoms with Gasteiger partial charge in [-0.15, -0.1) is 0 Å². The number of likely N-dealkylation sites (tertiary alicyclic amines) is 1. The van der Waals surface area contributed by atoms with E-state index in [2.05, 4.69) is 0 Å². The first-order valence-electron chi connectivity index (χ1n) is 11.9. The predicted octanol–water partition coefficient (Wildman–Crippen LogP) is 4.33. The van der Waals surface area contributed by atoms with E-state index in [9.17, 15) is 22.8 Å². The van der Waals surface area contributed by atoms with Crippen molar-refractivity contribution in [1.82, 2.24) is 9.80 Å². The van der Waals surface area contributed by atoms with Crippen molar-refractivity contribution in [3.63, 3.8) is 0 Å². The maximum Gasteiger partial charge on any atom is 0.417 e. The summed E-state index contributed by atoms with van der Waals surface area (Å²) >= 11 is 0. The fourth-order valence-electron chi connectivity index (χ4n) is 5.42. The van der Waals surface area contributed by atoms with E-state index < -0.39 is 28.6 Å². The Labute approximate surface area is 208 Å². The summed E-state index contributed by atoms with van der Waals surface area (Å²) in [6, 6.07) is 12.7. The summed E-state index contributed by atoms with van der Waals surface area (Å²) in [6.45, 7) is 3.59. The minimum absolute atomic E-state index is 0.0582. The molecule has 2 aromatic rings. The van der Waals surface area contributed by atoms with Crippen LogP contribution in [0.15, 0.2) is 42.5 Å². The Bertz CT molecular complexity index is 1190. The lowest BCUT2D eigenvalue weighted by Crippen LogP contribution is -2.49.